The summed E-state index contributed by atoms with van der Waals surface area (Å²) in [5, 5.41) is 0. The largest absolute Gasteiger partial charge is 0.460 e. The normalized spacial score (nSPS) is 42.2. The van der Waals surface area contributed by atoms with E-state index in [0.717, 1.165) is 18.4 Å². The zero-order chi connectivity index (χ0) is 14.4. The fourth-order valence-electron chi connectivity index (χ4n) is 5.27. The van der Waals surface area contributed by atoms with Crippen LogP contribution < -0.4 is 4.90 Å². The molecule has 0 aliphatic heterocycles. The summed E-state index contributed by atoms with van der Waals surface area (Å²) in [6.07, 6.45) is 8.38. The second kappa shape index (κ2) is 5.28. The summed E-state index contributed by atoms with van der Waals surface area (Å²) in [5.74, 6) is 1.72. The topological polar surface area (TPSA) is 30.7 Å². The molecular weight excluding hydrogens is 318 g/mol. The van der Waals surface area contributed by atoms with Gasteiger partial charge in [-0.2, -0.15) is 0 Å². The van der Waals surface area contributed by atoms with Gasteiger partial charge in [0, 0.05) is 4.32 Å². The van der Waals surface area contributed by atoms with Gasteiger partial charge in [0.2, 0.25) is 0 Å². The molecule has 0 heterocycles. The number of hydrogen-bond acceptors (Lipinski definition) is 2. The van der Waals surface area contributed by atoms with Crippen molar-refractivity contribution in [2.45, 2.75) is 49.3 Å². The first-order valence-electron chi connectivity index (χ1n) is 8.02. The average molecular weight is 345 g/mol. The van der Waals surface area contributed by atoms with E-state index < -0.39 is 0 Å². The van der Waals surface area contributed by atoms with Crippen molar-refractivity contribution in [2.75, 3.05) is 27.2 Å². The number of likely N-dealkylation sites (N-methyl/N-ethyl adjacent to an activating group) is 1. The van der Waals surface area contributed by atoms with Gasteiger partial charge in [-0.05, 0) is 55.8 Å². The Hall–Kier alpha value is -0.0900. The van der Waals surface area contributed by atoms with E-state index in [4.69, 9.17) is 4.74 Å². The average Bonchev–Trinajstić information content (AvgIpc) is 2.23. The summed E-state index contributed by atoms with van der Waals surface area (Å²) >= 11 is 4.00. The summed E-state index contributed by atoms with van der Waals surface area (Å²) in [4.78, 5) is 13.5. The van der Waals surface area contributed by atoms with Crippen molar-refractivity contribution >= 4 is 21.9 Å². The van der Waals surface area contributed by atoms with Crippen LogP contribution in [0.1, 0.15) is 44.9 Å². The number of nitrogens with one attached hydrogen (secondary N) is 1. The second-order valence-corrected chi connectivity index (χ2v) is 9.65. The molecule has 0 aromatic carbocycles. The molecule has 4 aliphatic rings. The number of hydrogen-bond donors (Lipinski definition) is 1. The van der Waals surface area contributed by atoms with Gasteiger partial charge < -0.3 is 9.64 Å². The van der Waals surface area contributed by atoms with Crippen LogP contribution in [0, 0.1) is 17.3 Å². The van der Waals surface area contributed by atoms with Crippen molar-refractivity contribution < 1.29 is 14.4 Å². The van der Waals surface area contributed by atoms with E-state index in [-0.39, 0.29) is 11.4 Å². The fraction of sp³-hybridized carbons (Fsp3) is 0.938. The Labute approximate surface area is 130 Å². The molecule has 4 heteroatoms. The lowest BCUT2D eigenvalue weighted by molar-refractivity contribution is -0.858. The minimum atomic E-state index is 0.0318. The molecule has 2 atom stereocenters. The minimum Gasteiger partial charge on any atom is -0.460 e. The first-order chi connectivity index (χ1) is 9.38. The molecule has 4 rings (SSSR count). The number of carbonyl (C=O) groups excluding carboxylic acids is 1. The van der Waals surface area contributed by atoms with Crippen LogP contribution in [0.2, 0.25) is 0 Å². The Bertz CT molecular complexity index is 382. The lowest BCUT2D eigenvalue weighted by Gasteiger charge is -2.60. The lowest BCUT2D eigenvalue weighted by Crippen LogP contribution is -3.06. The zero-order valence-electron chi connectivity index (χ0n) is 12.7. The molecule has 4 bridgehead atoms. The van der Waals surface area contributed by atoms with Crippen LogP contribution in [0.4, 0.5) is 0 Å². The van der Waals surface area contributed by atoms with Crippen LogP contribution in [0.25, 0.3) is 0 Å². The van der Waals surface area contributed by atoms with E-state index in [2.05, 4.69) is 30.0 Å². The predicted molar refractivity (Wildman–Crippen MR) is 82.0 cm³/mol. The number of alkyl halides is 1. The summed E-state index contributed by atoms with van der Waals surface area (Å²) in [5.41, 5.74) is 0.246. The Morgan fingerprint density at radius 2 is 1.90 bits per heavy atom. The quantitative estimate of drug-likeness (QED) is 0.609. The van der Waals surface area contributed by atoms with E-state index in [1.807, 2.05) is 0 Å². The first-order valence-corrected chi connectivity index (χ1v) is 8.81. The van der Waals surface area contributed by atoms with Crippen LogP contribution in [0.15, 0.2) is 0 Å². The molecule has 4 fully saturated rings. The lowest BCUT2D eigenvalue weighted by atomic mass is 9.49. The summed E-state index contributed by atoms with van der Waals surface area (Å²) < 4.78 is 5.79. The first kappa shape index (κ1) is 14.8. The molecule has 0 radical (unpaired) electrons. The molecule has 1 N–H and O–H groups in total. The maximum atomic E-state index is 12.2. The predicted octanol–water partition coefficient (Wildman–Crippen LogP) is 1.80. The van der Waals surface area contributed by atoms with Crippen molar-refractivity contribution in [3.63, 3.8) is 0 Å². The Kier molecular flexibility index (Phi) is 3.91. The standard InChI is InChI=1S/C16H26BrNO2/c1-18(2)3-4-20-14(19)10-15-6-12-5-13(7-15)9-16(17,8-12)11-15/h12-13H,3-11H2,1-2H3/p+1/t12-,13-,15?,16?/m1/s1. The fourth-order valence-corrected chi connectivity index (χ4v) is 6.78. The third-order valence-electron chi connectivity index (χ3n) is 5.50. The van der Waals surface area contributed by atoms with E-state index >= 15 is 0 Å². The third kappa shape index (κ3) is 3.06. The van der Waals surface area contributed by atoms with Gasteiger partial charge in [0.25, 0.3) is 0 Å². The minimum absolute atomic E-state index is 0.0318. The summed E-state index contributed by atoms with van der Waals surface area (Å²) in [6.45, 7) is 1.45. The highest BCUT2D eigenvalue weighted by molar-refractivity contribution is 9.10. The molecule has 3 nitrogen and oxygen atoms in total. The monoisotopic (exact) mass is 344 g/mol. The van der Waals surface area contributed by atoms with E-state index in [1.165, 1.54) is 43.4 Å². The molecule has 0 saturated heterocycles. The van der Waals surface area contributed by atoms with Gasteiger partial charge in [0.05, 0.1) is 20.5 Å². The maximum absolute atomic E-state index is 12.2. The molecule has 0 amide bonds. The van der Waals surface area contributed by atoms with Gasteiger partial charge in [-0.25, -0.2) is 0 Å². The Balaban J connectivity index is 1.58. The van der Waals surface area contributed by atoms with Crippen LogP contribution >= 0.6 is 15.9 Å². The number of halogens is 1. The van der Waals surface area contributed by atoms with Gasteiger partial charge in [-0.3, -0.25) is 4.79 Å². The number of rotatable bonds is 5. The molecule has 114 valence electrons. The number of ether oxygens (including phenoxy) is 1. The number of quaternary nitrogens is 1. The number of carbonyl (C=O) groups is 1. The molecule has 0 spiro atoms. The summed E-state index contributed by atoms with van der Waals surface area (Å²) in [6, 6.07) is 0. The molecule has 0 aromatic rings. The van der Waals surface area contributed by atoms with Gasteiger partial charge >= 0.3 is 5.97 Å². The van der Waals surface area contributed by atoms with E-state index in [1.54, 1.807) is 0 Å². The molecule has 0 aromatic heterocycles. The number of esters is 1. The van der Waals surface area contributed by atoms with Crippen LogP contribution in [-0.2, 0) is 9.53 Å². The Morgan fingerprint density at radius 3 is 2.45 bits per heavy atom. The SMILES string of the molecule is C[NH+](C)CCOC(=O)CC12C[C@H]3C[C@@H](CC(Br)(C3)C1)C2. The second-order valence-electron chi connectivity index (χ2n) is 7.97. The van der Waals surface area contributed by atoms with Crippen LogP contribution in [-0.4, -0.2) is 37.5 Å². The van der Waals surface area contributed by atoms with E-state index in [9.17, 15) is 4.79 Å². The van der Waals surface area contributed by atoms with Gasteiger partial charge in [0.15, 0.2) is 0 Å². The van der Waals surface area contributed by atoms with Crippen molar-refractivity contribution in [3.05, 3.63) is 0 Å². The van der Waals surface area contributed by atoms with Crippen LogP contribution in [0.5, 0.6) is 0 Å². The highest BCUT2D eigenvalue weighted by atomic mass is 79.9. The smallest absolute Gasteiger partial charge is 0.306 e. The van der Waals surface area contributed by atoms with Crippen molar-refractivity contribution in [1.82, 2.24) is 0 Å². The highest BCUT2D eigenvalue weighted by Gasteiger charge is 2.57. The van der Waals surface area contributed by atoms with Crippen molar-refractivity contribution in [1.29, 1.82) is 0 Å². The molecular formula is C16H27BrNO2+. The highest BCUT2D eigenvalue weighted by Crippen LogP contribution is 2.65. The summed E-state index contributed by atoms with van der Waals surface area (Å²) in [7, 11) is 4.17. The maximum Gasteiger partial charge on any atom is 0.306 e. The van der Waals surface area contributed by atoms with Crippen molar-refractivity contribution in [2.24, 2.45) is 17.3 Å². The van der Waals surface area contributed by atoms with Crippen LogP contribution in [0.3, 0.4) is 0 Å². The molecule has 4 aliphatic carbocycles. The van der Waals surface area contributed by atoms with Gasteiger partial charge in [-0.15, -0.1) is 0 Å². The van der Waals surface area contributed by atoms with Gasteiger partial charge in [0.1, 0.15) is 13.2 Å². The molecule has 0 unspecified atom stereocenters. The molecule has 20 heavy (non-hydrogen) atoms. The Morgan fingerprint density at radius 1 is 1.25 bits per heavy atom. The zero-order valence-corrected chi connectivity index (χ0v) is 14.3. The van der Waals surface area contributed by atoms with Crippen molar-refractivity contribution in [3.8, 4) is 0 Å². The van der Waals surface area contributed by atoms with E-state index in [0.29, 0.717) is 17.4 Å². The third-order valence-corrected chi connectivity index (χ3v) is 6.42. The van der Waals surface area contributed by atoms with Gasteiger partial charge in [-0.1, -0.05) is 15.9 Å². The molecule has 4 saturated carbocycles.